The summed E-state index contributed by atoms with van der Waals surface area (Å²) in [6, 6.07) is 13.8. The van der Waals surface area contributed by atoms with Gasteiger partial charge in [0.15, 0.2) is 5.15 Å². The quantitative estimate of drug-likeness (QED) is 0.655. The Morgan fingerprint density at radius 2 is 1.78 bits per heavy atom. The largest absolute Gasteiger partial charge is 0.242 e. The van der Waals surface area contributed by atoms with Gasteiger partial charge >= 0.3 is 0 Å². The van der Waals surface area contributed by atoms with E-state index in [4.69, 9.17) is 11.6 Å². The Morgan fingerprint density at radius 3 is 2.56 bits per heavy atom. The van der Waals surface area contributed by atoms with Crippen molar-refractivity contribution in [1.29, 1.82) is 0 Å². The summed E-state index contributed by atoms with van der Waals surface area (Å²) in [5.74, 6) is 0. The summed E-state index contributed by atoms with van der Waals surface area (Å²) in [7, 11) is 0. The SMILES string of the molecule is Clc1ncccc1-n1cc(-c2ccccc2)cn1. The van der Waals surface area contributed by atoms with Crippen LogP contribution in [0, 0.1) is 0 Å². The van der Waals surface area contributed by atoms with Crippen LogP contribution in [-0.2, 0) is 0 Å². The molecule has 0 aliphatic rings. The van der Waals surface area contributed by atoms with Crippen molar-refractivity contribution >= 4 is 11.6 Å². The molecule has 4 heteroatoms. The van der Waals surface area contributed by atoms with E-state index in [9.17, 15) is 0 Å². The van der Waals surface area contributed by atoms with Crippen LogP contribution in [0.3, 0.4) is 0 Å². The van der Waals surface area contributed by atoms with Gasteiger partial charge in [0.25, 0.3) is 0 Å². The van der Waals surface area contributed by atoms with Gasteiger partial charge in [0.1, 0.15) is 5.69 Å². The third-order valence-electron chi connectivity index (χ3n) is 2.68. The molecular weight excluding hydrogens is 246 g/mol. The average molecular weight is 256 g/mol. The van der Waals surface area contributed by atoms with Crippen molar-refractivity contribution < 1.29 is 0 Å². The lowest BCUT2D eigenvalue weighted by molar-refractivity contribution is 0.874. The third-order valence-corrected chi connectivity index (χ3v) is 2.97. The Balaban J connectivity index is 2.03. The van der Waals surface area contributed by atoms with Crippen molar-refractivity contribution in [2.75, 3.05) is 0 Å². The fourth-order valence-corrected chi connectivity index (χ4v) is 1.99. The van der Waals surface area contributed by atoms with E-state index in [0.717, 1.165) is 16.8 Å². The molecule has 0 aliphatic carbocycles. The molecule has 3 rings (SSSR count). The summed E-state index contributed by atoms with van der Waals surface area (Å²) in [5, 5.41) is 4.76. The van der Waals surface area contributed by atoms with E-state index in [1.54, 1.807) is 10.9 Å². The summed E-state index contributed by atoms with van der Waals surface area (Å²) in [5.41, 5.74) is 2.96. The van der Waals surface area contributed by atoms with Crippen molar-refractivity contribution in [2.24, 2.45) is 0 Å². The van der Waals surface area contributed by atoms with Gasteiger partial charge in [0.2, 0.25) is 0 Å². The molecule has 0 atom stereocenters. The van der Waals surface area contributed by atoms with Crippen molar-refractivity contribution in [2.45, 2.75) is 0 Å². The highest BCUT2D eigenvalue weighted by atomic mass is 35.5. The maximum Gasteiger partial charge on any atom is 0.154 e. The molecule has 0 bridgehead atoms. The zero-order chi connectivity index (χ0) is 12.4. The minimum Gasteiger partial charge on any atom is -0.242 e. The van der Waals surface area contributed by atoms with E-state index in [1.165, 1.54) is 0 Å². The molecule has 0 unspecified atom stereocenters. The number of hydrogen-bond acceptors (Lipinski definition) is 2. The standard InChI is InChI=1S/C14H10ClN3/c15-14-13(7-4-8-16-14)18-10-12(9-17-18)11-5-2-1-3-6-11/h1-10H. The second kappa shape index (κ2) is 4.63. The second-order valence-electron chi connectivity index (χ2n) is 3.85. The van der Waals surface area contributed by atoms with Gasteiger partial charge in [-0.05, 0) is 17.7 Å². The molecule has 1 aromatic carbocycles. The Bertz CT molecular complexity index is 662. The van der Waals surface area contributed by atoms with Gasteiger partial charge in [-0.2, -0.15) is 5.10 Å². The smallest absolute Gasteiger partial charge is 0.154 e. The lowest BCUT2D eigenvalue weighted by Crippen LogP contribution is -1.95. The molecule has 0 saturated heterocycles. The Kier molecular flexibility index (Phi) is 2.82. The zero-order valence-electron chi connectivity index (χ0n) is 9.49. The maximum atomic E-state index is 6.04. The Morgan fingerprint density at radius 1 is 0.944 bits per heavy atom. The first-order chi connectivity index (χ1) is 8.84. The van der Waals surface area contributed by atoms with Crippen LogP contribution in [0.5, 0.6) is 0 Å². The van der Waals surface area contributed by atoms with Crippen molar-refractivity contribution in [3.05, 3.63) is 66.2 Å². The van der Waals surface area contributed by atoms with Gasteiger partial charge in [0.05, 0.1) is 6.20 Å². The van der Waals surface area contributed by atoms with Gasteiger partial charge in [-0.25, -0.2) is 9.67 Å². The first-order valence-electron chi connectivity index (χ1n) is 5.55. The molecule has 0 saturated carbocycles. The Labute approximate surface area is 110 Å². The lowest BCUT2D eigenvalue weighted by Gasteiger charge is -2.01. The number of rotatable bonds is 2. The normalized spacial score (nSPS) is 10.5. The fraction of sp³-hybridized carbons (Fsp3) is 0. The molecule has 0 amide bonds. The summed E-state index contributed by atoms with van der Waals surface area (Å²) in [6.07, 6.45) is 5.42. The number of hydrogen-bond donors (Lipinski definition) is 0. The molecule has 0 radical (unpaired) electrons. The number of benzene rings is 1. The number of nitrogens with zero attached hydrogens (tertiary/aromatic N) is 3. The third kappa shape index (κ3) is 2.00. The van der Waals surface area contributed by atoms with Crippen molar-refractivity contribution in [3.8, 4) is 16.8 Å². The van der Waals surface area contributed by atoms with Crippen LogP contribution >= 0.6 is 11.6 Å². The minimum absolute atomic E-state index is 0.445. The average Bonchev–Trinajstić information content (AvgIpc) is 2.90. The highest BCUT2D eigenvalue weighted by molar-refractivity contribution is 6.31. The molecule has 2 aromatic heterocycles. The topological polar surface area (TPSA) is 30.7 Å². The molecule has 2 heterocycles. The van der Waals surface area contributed by atoms with E-state index < -0.39 is 0 Å². The molecule has 18 heavy (non-hydrogen) atoms. The lowest BCUT2D eigenvalue weighted by atomic mass is 10.1. The predicted octanol–water partition coefficient (Wildman–Crippen LogP) is 3.59. The number of halogens is 1. The summed E-state index contributed by atoms with van der Waals surface area (Å²) < 4.78 is 1.73. The van der Waals surface area contributed by atoms with Crippen molar-refractivity contribution in [3.63, 3.8) is 0 Å². The number of pyridine rings is 1. The van der Waals surface area contributed by atoms with Gasteiger partial charge in [0, 0.05) is 18.0 Å². The van der Waals surface area contributed by atoms with Crippen LogP contribution in [0.1, 0.15) is 0 Å². The molecule has 0 N–H and O–H groups in total. The number of aromatic nitrogens is 3. The maximum absolute atomic E-state index is 6.04. The molecule has 88 valence electrons. The highest BCUT2D eigenvalue weighted by Crippen LogP contribution is 2.22. The van der Waals surface area contributed by atoms with Gasteiger partial charge in [-0.1, -0.05) is 41.9 Å². The molecule has 3 nitrogen and oxygen atoms in total. The molecular formula is C14H10ClN3. The summed E-state index contributed by atoms with van der Waals surface area (Å²) >= 11 is 6.04. The van der Waals surface area contributed by atoms with Crippen LogP contribution in [-0.4, -0.2) is 14.8 Å². The van der Waals surface area contributed by atoms with Gasteiger partial charge in [-0.3, -0.25) is 0 Å². The van der Waals surface area contributed by atoms with Crippen LogP contribution in [0.2, 0.25) is 5.15 Å². The molecule has 0 aliphatic heterocycles. The van der Waals surface area contributed by atoms with Crippen LogP contribution in [0.4, 0.5) is 0 Å². The van der Waals surface area contributed by atoms with Crippen molar-refractivity contribution in [1.82, 2.24) is 14.8 Å². The molecule has 0 fully saturated rings. The first kappa shape index (κ1) is 11.0. The van der Waals surface area contributed by atoms with E-state index in [-0.39, 0.29) is 0 Å². The van der Waals surface area contributed by atoms with E-state index in [1.807, 2.05) is 54.9 Å². The van der Waals surface area contributed by atoms with E-state index >= 15 is 0 Å². The predicted molar refractivity (Wildman–Crippen MR) is 71.8 cm³/mol. The summed E-state index contributed by atoms with van der Waals surface area (Å²) in [6.45, 7) is 0. The Hall–Kier alpha value is -2.13. The van der Waals surface area contributed by atoms with Crippen LogP contribution < -0.4 is 0 Å². The zero-order valence-corrected chi connectivity index (χ0v) is 10.2. The monoisotopic (exact) mass is 255 g/mol. The van der Waals surface area contributed by atoms with Crippen LogP contribution in [0.15, 0.2) is 61.1 Å². The van der Waals surface area contributed by atoms with Gasteiger partial charge < -0.3 is 0 Å². The van der Waals surface area contributed by atoms with Gasteiger partial charge in [-0.15, -0.1) is 0 Å². The fourth-order valence-electron chi connectivity index (χ4n) is 1.78. The first-order valence-corrected chi connectivity index (χ1v) is 5.93. The van der Waals surface area contributed by atoms with E-state index in [2.05, 4.69) is 10.1 Å². The summed E-state index contributed by atoms with van der Waals surface area (Å²) in [4.78, 5) is 4.04. The second-order valence-corrected chi connectivity index (χ2v) is 4.21. The molecule has 0 spiro atoms. The molecule has 3 aromatic rings. The van der Waals surface area contributed by atoms with Crippen LogP contribution in [0.25, 0.3) is 16.8 Å². The van der Waals surface area contributed by atoms with E-state index in [0.29, 0.717) is 5.15 Å². The highest BCUT2D eigenvalue weighted by Gasteiger charge is 2.06. The minimum atomic E-state index is 0.445.